The van der Waals surface area contributed by atoms with Gasteiger partial charge in [0.05, 0.1) is 0 Å². The molecule has 1 aromatic heterocycles. The summed E-state index contributed by atoms with van der Waals surface area (Å²) in [5.41, 5.74) is 2.84. The van der Waals surface area contributed by atoms with E-state index in [4.69, 9.17) is 23.8 Å². The number of thioether (sulfide) groups is 1. The van der Waals surface area contributed by atoms with Crippen molar-refractivity contribution in [3.05, 3.63) is 29.0 Å². The normalized spacial score (nSPS) is 9.69. The highest BCUT2D eigenvalue weighted by Gasteiger charge is 2.11. The second-order valence-electron chi connectivity index (χ2n) is 2.83. The summed E-state index contributed by atoms with van der Waals surface area (Å²) < 4.78 is 0.565. The summed E-state index contributed by atoms with van der Waals surface area (Å²) >= 11 is 12.1. The number of aromatic nitrogens is 1. The van der Waals surface area contributed by atoms with Gasteiger partial charge in [-0.1, -0.05) is 35.6 Å². The Morgan fingerprint density at radius 3 is 2.94 bits per heavy atom. The Bertz CT molecular complexity index is 413. The lowest BCUT2D eigenvalue weighted by Crippen LogP contribution is -2.41. The summed E-state index contributed by atoms with van der Waals surface area (Å²) in [4.78, 5) is 15.6. The summed E-state index contributed by atoms with van der Waals surface area (Å²) in [6, 6.07) is 3.10. The molecule has 0 radical (unpaired) electrons. The second-order valence-corrected chi connectivity index (χ2v) is 4.71. The van der Waals surface area contributed by atoms with Gasteiger partial charge in [0.2, 0.25) is 0 Å². The first kappa shape index (κ1) is 13.2. The van der Waals surface area contributed by atoms with E-state index in [2.05, 4.69) is 10.4 Å². The van der Waals surface area contributed by atoms with Gasteiger partial charge in [0.15, 0.2) is 4.32 Å². The monoisotopic (exact) mass is 275 g/mol. The Hall–Kier alpha value is -0.850. The van der Waals surface area contributed by atoms with Crippen LogP contribution >= 0.6 is 35.6 Å². The molecule has 16 heavy (non-hydrogen) atoms. The van der Waals surface area contributed by atoms with Crippen LogP contribution in [-0.4, -0.2) is 33.5 Å². The molecule has 0 aromatic carbocycles. The number of hydrogen-bond donors (Lipinski definition) is 1. The van der Waals surface area contributed by atoms with E-state index in [1.807, 2.05) is 6.26 Å². The molecule has 0 aliphatic carbocycles. The highest BCUT2D eigenvalue weighted by Crippen LogP contribution is 2.08. The third-order valence-electron chi connectivity index (χ3n) is 1.67. The van der Waals surface area contributed by atoms with Gasteiger partial charge in [-0.25, -0.2) is 0 Å². The van der Waals surface area contributed by atoms with Gasteiger partial charge in [0, 0.05) is 18.3 Å². The van der Waals surface area contributed by atoms with E-state index in [0.717, 1.165) is 0 Å². The molecular formula is C9H10ClN3OS2. The van der Waals surface area contributed by atoms with Gasteiger partial charge < -0.3 is 0 Å². The molecule has 0 fully saturated rings. The average Bonchev–Trinajstić information content (AvgIpc) is 2.27. The lowest BCUT2D eigenvalue weighted by atomic mass is 10.3. The number of rotatable bonds is 1. The highest BCUT2D eigenvalue weighted by molar-refractivity contribution is 8.22. The highest BCUT2D eigenvalue weighted by atomic mass is 35.5. The van der Waals surface area contributed by atoms with E-state index >= 15 is 0 Å². The summed E-state index contributed by atoms with van der Waals surface area (Å²) in [5, 5.41) is 1.93. The molecular weight excluding hydrogens is 266 g/mol. The molecule has 1 N–H and O–H groups in total. The number of carbonyl (C=O) groups excluding carboxylic acids is 1. The van der Waals surface area contributed by atoms with E-state index in [1.165, 1.54) is 29.0 Å². The van der Waals surface area contributed by atoms with Crippen molar-refractivity contribution in [2.75, 3.05) is 13.3 Å². The maximum Gasteiger partial charge on any atom is 0.288 e. The van der Waals surface area contributed by atoms with E-state index in [0.29, 0.717) is 9.34 Å². The number of thiocarbonyl (C=S) groups is 1. The molecule has 0 atom stereocenters. The van der Waals surface area contributed by atoms with Crippen LogP contribution in [0.2, 0.25) is 5.02 Å². The SMILES string of the molecule is CSC(=S)N(C)NC(=O)c1cc(Cl)ccn1. The van der Waals surface area contributed by atoms with E-state index in [9.17, 15) is 4.79 Å². The van der Waals surface area contributed by atoms with Crippen LogP contribution in [0.3, 0.4) is 0 Å². The lowest BCUT2D eigenvalue weighted by molar-refractivity contribution is 0.0885. The Kier molecular flexibility index (Phi) is 4.98. The van der Waals surface area contributed by atoms with Crippen molar-refractivity contribution in [1.82, 2.24) is 15.4 Å². The fourth-order valence-corrected chi connectivity index (χ4v) is 1.45. The van der Waals surface area contributed by atoms with Gasteiger partial charge in [-0.2, -0.15) is 0 Å². The summed E-state index contributed by atoms with van der Waals surface area (Å²) in [7, 11) is 1.67. The van der Waals surface area contributed by atoms with Crippen LogP contribution in [0.25, 0.3) is 0 Å². The minimum Gasteiger partial charge on any atom is -0.272 e. The first-order valence-electron chi connectivity index (χ1n) is 4.29. The molecule has 4 nitrogen and oxygen atoms in total. The zero-order chi connectivity index (χ0) is 12.1. The van der Waals surface area contributed by atoms with Crippen LogP contribution in [0.15, 0.2) is 18.3 Å². The van der Waals surface area contributed by atoms with Gasteiger partial charge in [-0.15, -0.1) is 0 Å². The molecule has 7 heteroatoms. The van der Waals surface area contributed by atoms with Crippen molar-refractivity contribution >= 4 is 45.8 Å². The van der Waals surface area contributed by atoms with Crippen LogP contribution in [0.4, 0.5) is 0 Å². The minimum atomic E-state index is -0.346. The summed E-state index contributed by atoms with van der Waals surface area (Å²) in [6.45, 7) is 0. The van der Waals surface area contributed by atoms with Crippen LogP contribution in [-0.2, 0) is 0 Å². The number of nitrogens with one attached hydrogen (secondary N) is 1. The molecule has 1 heterocycles. The van der Waals surface area contributed by atoms with Crippen LogP contribution in [0, 0.1) is 0 Å². The van der Waals surface area contributed by atoms with Crippen molar-refractivity contribution < 1.29 is 4.79 Å². The van der Waals surface area contributed by atoms with Crippen molar-refractivity contribution in [1.29, 1.82) is 0 Å². The standard InChI is InChI=1S/C9H10ClN3OS2/c1-13(9(15)16-2)12-8(14)7-5-6(10)3-4-11-7/h3-5H,1-2H3,(H,12,14). The van der Waals surface area contributed by atoms with E-state index in [1.54, 1.807) is 13.1 Å². The zero-order valence-corrected chi connectivity index (χ0v) is 11.1. The number of hydrogen-bond acceptors (Lipinski definition) is 4. The Balaban J connectivity index is 2.69. The minimum absolute atomic E-state index is 0.253. The molecule has 1 rings (SSSR count). The number of halogens is 1. The van der Waals surface area contributed by atoms with Crippen molar-refractivity contribution in [3.63, 3.8) is 0 Å². The first-order valence-corrected chi connectivity index (χ1v) is 6.30. The van der Waals surface area contributed by atoms with Crippen LogP contribution < -0.4 is 5.43 Å². The average molecular weight is 276 g/mol. The quantitative estimate of drug-likeness (QED) is 0.627. The van der Waals surface area contributed by atoms with Gasteiger partial charge in [0.1, 0.15) is 5.69 Å². The molecule has 86 valence electrons. The molecule has 1 amide bonds. The van der Waals surface area contributed by atoms with Crippen LogP contribution in [0.5, 0.6) is 0 Å². The topological polar surface area (TPSA) is 45.2 Å². The Morgan fingerprint density at radius 2 is 2.38 bits per heavy atom. The van der Waals surface area contributed by atoms with Gasteiger partial charge in [0.25, 0.3) is 5.91 Å². The Morgan fingerprint density at radius 1 is 1.69 bits per heavy atom. The molecule has 0 aliphatic rings. The first-order chi connectivity index (χ1) is 7.54. The van der Waals surface area contributed by atoms with Crippen molar-refractivity contribution in [2.45, 2.75) is 0 Å². The van der Waals surface area contributed by atoms with E-state index in [-0.39, 0.29) is 11.6 Å². The van der Waals surface area contributed by atoms with Gasteiger partial charge >= 0.3 is 0 Å². The predicted molar refractivity (Wildman–Crippen MR) is 70.6 cm³/mol. The van der Waals surface area contributed by atoms with Gasteiger partial charge in [-0.3, -0.25) is 20.2 Å². The fraction of sp³-hybridized carbons (Fsp3) is 0.222. The number of pyridine rings is 1. The third kappa shape index (κ3) is 3.62. The number of carbonyl (C=O) groups is 1. The van der Waals surface area contributed by atoms with Crippen molar-refractivity contribution in [3.8, 4) is 0 Å². The fourth-order valence-electron chi connectivity index (χ4n) is 0.921. The molecule has 0 spiro atoms. The predicted octanol–water partition coefficient (Wildman–Crippen LogP) is 1.96. The van der Waals surface area contributed by atoms with Gasteiger partial charge in [-0.05, 0) is 18.4 Å². The van der Waals surface area contributed by atoms with Crippen molar-refractivity contribution in [2.24, 2.45) is 0 Å². The van der Waals surface area contributed by atoms with E-state index < -0.39 is 0 Å². The molecule has 0 saturated carbocycles. The summed E-state index contributed by atoms with van der Waals surface area (Å²) in [6.07, 6.45) is 3.31. The molecule has 0 aliphatic heterocycles. The number of hydrazine groups is 1. The lowest BCUT2D eigenvalue weighted by Gasteiger charge is -2.18. The zero-order valence-electron chi connectivity index (χ0n) is 8.73. The molecule has 0 saturated heterocycles. The largest absolute Gasteiger partial charge is 0.288 e. The maximum absolute atomic E-state index is 11.7. The maximum atomic E-state index is 11.7. The number of nitrogens with zero attached hydrogens (tertiary/aromatic N) is 2. The van der Waals surface area contributed by atoms with Crippen LogP contribution in [0.1, 0.15) is 10.5 Å². The smallest absolute Gasteiger partial charge is 0.272 e. The molecule has 0 bridgehead atoms. The summed E-state index contributed by atoms with van der Waals surface area (Å²) in [5.74, 6) is -0.346. The third-order valence-corrected chi connectivity index (χ3v) is 3.30. The number of amides is 1. The molecule has 1 aromatic rings. The molecule has 0 unspecified atom stereocenters. The second kappa shape index (κ2) is 6.03. The Labute approximate surface area is 108 Å².